The van der Waals surface area contributed by atoms with E-state index in [0.717, 1.165) is 11.1 Å². The summed E-state index contributed by atoms with van der Waals surface area (Å²) in [5.74, 6) is 1.12. The number of nitrogens with zero attached hydrogens (tertiary/aromatic N) is 2. The number of hydrogen-bond donors (Lipinski definition) is 0. The summed E-state index contributed by atoms with van der Waals surface area (Å²) < 4.78 is 16.0. The van der Waals surface area contributed by atoms with Gasteiger partial charge in [0.05, 0.1) is 44.9 Å². The number of benzene rings is 2. The fraction of sp³-hybridized carbons (Fsp3) is 0.263. The molecule has 0 saturated carbocycles. The van der Waals surface area contributed by atoms with Crippen molar-refractivity contribution in [1.82, 2.24) is 0 Å². The second-order valence-corrected chi connectivity index (χ2v) is 5.16. The van der Waals surface area contributed by atoms with Gasteiger partial charge in [-0.1, -0.05) is 12.1 Å². The summed E-state index contributed by atoms with van der Waals surface area (Å²) in [6.07, 6.45) is 0.491. The van der Waals surface area contributed by atoms with Gasteiger partial charge in [0.1, 0.15) is 0 Å². The van der Waals surface area contributed by atoms with Gasteiger partial charge in [-0.05, 0) is 41.8 Å². The van der Waals surface area contributed by atoms with Crippen molar-refractivity contribution in [2.24, 2.45) is 0 Å². The van der Waals surface area contributed by atoms with Crippen molar-refractivity contribution in [2.75, 3.05) is 21.3 Å². The van der Waals surface area contributed by atoms with Crippen LogP contribution in [0.25, 0.3) is 0 Å². The minimum atomic E-state index is -0.396. The predicted octanol–water partition coefficient (Wildman–Crippen LogP) is 3.43. The maximum atomic E-state index is 9.59. The smallest absolute Gasteiger partial charge is 0.203 e. The monoisotopic (exact) mass is 322 g/mol. The van der Waals surface area contributed by atoms with E-state index in [-0.39, 0.29) is 0 Å². The van der Waals surface area contributed by atoms with Gasteiger partial charge in [-0.3, -0.25) is 0 Å². The predicted molar refractivity (Wildman–Crippen MR) is 89.3 cm³/mol. The third-order valence-corrected chi connectivity index (χ3v) is 3.74. The number of rotatable bonds is 6. The summed E-state index contributed by atoms with van der Waals surface area (Å²) in [5.41, 5.74) is 2.28. The van der Waals surface area contributed by atoms with Crippen molar-refractivity contribution >= 4 is 0 Å². The molecular weight excluding hydrogens is 304 g/mol. The van der Waals surface area contributed by atoms with Crippen molar-refractivity contribution in [3.63, 3.8) is 0 Å². The fourth-order valence-electron chi connectivity index (χ4n) is 2.54. The number of methoxy groups -OCH3 is 3. The minimum Gasteiger partial charge on any atom is -0.493 e. The van der Waals surface area contributed by atoms with Crippen LogP contribution >= 0.6 is 0 Å². The van der Waals surface area contributed by atoms with Crippen molar-refractivity contribution in [3.05, 3.63) is 53.1 Å². The zero-order chi connectivity index (χ0) is 17.5. The minimum absolute atomic E-state index is 0.396. The maximum absolute atomic E-state index is 9.59. The zero-order valence-electron chi connectivity index (χ0n) is 13.9. The first-order valence-electron chi connectivity index (χ1n) is 7.35. The number of hydrogen-bond acceptors (Lipinski definition) is 5. The Bertz CT molecular complexity index is 778. The molecule has 2 rings (SSSR count). The summed E-state index contributed by atoms with van der Waals surface area (Å²) in [7, 11) is 4.62. The fourth-order valence-corrected chi connectivity index (χ4v) is 2.54. The Kier molecular flexibility index (Phi) is 5.65. The lowest BCUT2D eigenvalue weighted by molar-refractivity contribution is 0.323. The molecule has 5 heteroatoms. The molecule has 0 N–H and O–H groups in total. The lowest BCUT2D eigenvalue weighted by Crippen LogP contribution is -2.03. The van der Waals surface area contributed by atoms with Crippen molar-refractivity contribution in [3.8, 4) is 29.4 Å². The Labute approximate surface area is 141 Å². The molecular formula is C19H18N2O3. The molecule has 0 radical (unpaired) electrons. The van der Waals surface area contributed by atoms with Gasteiger partial charge < -0.3 is 14.2 Å². The highest BCUT2D eigenvalue weighted by Gasteiger charge is 2.19. The molecule has 0 amide bonds. The van der Waals surface area contributed by atoms with E-state index in [9.17, 15) is 5.26 Å². The topological polar surface area (TPSA) is 75.3 Å². The SMILES string of the molecule is COc1cc(C(C#N)Cc2cccc(C#N)c2)cc(OC)c1OC. The quantitative estimate of drug-likeness (QED) is 0.814. The molecule has 0 aliphatic heterocycles. The molecule has 2 aromatic carbocycles. The lowest BCUT2D eigenvalue weighted by atomic mass is 9.92. The molecule has 1 atom stereocenters. The van der Waals surface area contributed by atoms with Gasteiger partial charge in [-0.25, -0.2) is 0 Å². The van der Waals surface area contributed by atoms with Gasteiger partial charge in [-0.15, -0.1) is 0 Å². The maximum Gasteiger partial charge on any atom is 0.203 e. The summed E-state index contributed by atoms with van der Waals surface area (Å²) in [5, 5.41) is 18.6. The second-order valence-electron chi connectivity index (χ2n) is 5.16. The van der Waals surface area contributed by atoms with Crippen LogP contribution in [0, 0.1) is 22.7 Å². The van der Waals surface area contributed by atoms with Crippen LogP contribution in [0.2, 0.25) is 0 Å². The Morgan fingerprint density at radius 3 is 2.12 bits per heavy atom. The third-order valence-electron chi connectivity index (χ3n) is 3.74. The van der Waals surface area contributed by atoms with Gasteiger partial charge in [0, 0.05) is 0 Å². The largest absolute Gasteiger partial charge is 0.493 e. The molecule has 5 nitrogen and oxygen atoms in total. The Hall–Kier alpha value is -3.18. The Balaban J connectivity index is 2.40. The molecule has 1 unspecified atom stereocenters. The second kappa shape index (κ2) is 7.89. The molecule has 122 valence electrons. The van der Waals surface area contributed by atoms with Crippen LogP contribution in [0.1, 0.15) is 22.6 Å². The number of ether oxygens (including phenoxy) is 3. The van der Waals surface area contributed by atoms with Gasteiger partial charge in [0.25, 0.3) is 0 Å². The highest BCUT2D eigenvalue weighted by molar-refractivity contribution is 5.55. The van der Waals surface area contributed by atoms with Crippen LogP contribution < -0.4 is 14.2 Å². The highest BCUT2D eigenvalue weighted by atomic mass is 16.5. The summed E-state index contributed by atoms with van der Waals surface area (Å²) >= 11 is 0. The van der Waals surface area contributed by atoms with E-state index in [0.29, 0.717) is 29.2 Å². The summed E-state index contributed by atoms with van der Waals surface area (Å²) in [6.45, 7) is 0. The third kappa shape index (κ3) is 3.59. The molecule has 0 aliphatic rings. The van der Waals surface area contributed by atoms with Gasteiger partial charge in [0.15, 0.2) is 11.5 Å². The van der Waals surface area contributed by atoms with E-state index in [1.165, 1.54) is 7.11 Å². The van der Waals surface area contributed by atoms with E-state index in [1.54, 1.807) is 38.5 Å². The average molecular weight is 322 g/mol. The van der Waals surface area contributed by atoms with E-state index in [2.05, 4.69) is 12.1 Å². The molecule has 24 heavy (non-hydrogen) atoms. The van der Waals surface area contributed by atoms with E-state index in [1.807, 2.05) is 12.1 Å². The molecule has 0 aromatic heterocycles. The molecule has 0 saturated heterocycles. The average Bonchev–Trinajstić information content (AvgIpc) is 2.64. The van der Waals surface area contributed by atoms with Crippen LogP contribution in [0.5, 0.6) is 17.2 Å². The van der Waals surface area contributed by atoms with Crippen LogP contribution in [-0.4, -0.2) is 21.3 Å². The summed E-state index contributed by atoms with van der Waals surface area (Å²) in [4.78, 5) is 0. The van der Waals surface area contributed by atoms with Crippen LogP contribution in [0.3, 0.4) is 0 Å². The molecule has 2 aromatic rings. The molecule has 0 aliphatic carbocycles. The van der Waals surface area contributed by atoms with E-state index >= 15 is 0 Å². The first-order valence-corrected chi connectivity index (χ1v) is 7.35. The van der Waals surface area contributed by atoms with Gasteiger partial charge in [-0.2, -0.15) is 10.5 Å². The van der Waals surface area contributed by atoms with Gasteiger partial charge in [0.2, 0.25) is 5.75 Å². The summed E-state index contributed by atoms with van der Waals surface area (Å²) in [6, 6.07) is 15.2. The van der Waals surface area contributed by atoms with Crippen molar-refractivity contribution in [1.29, 1.82) is 10.5 Å². The van der Waals surface area contributed by atoms with Crippen molar-refractivity contribution < 1.29 is 14.2 Å². The van der Waals surface area contributed by atoms with E-state index in [4.69, 9.17) is 19.5 Å². The highest BCUT2D eigenvalue weighted by Crippen LogP contribution is 2.40. The molecule has 0 spiro atoms. The van der Waals surface area contributed by atoms with Crippen molar-refractivity contribution in [2.45, 2.75) is 12.3 Å². The Morgan fingerprint density at radius 1 is 0.958 bits per heavy atom. The van der Waals surface area contributed by atoms with E-state index < -0.39 is 5.92 Å². The zero-order valence-corrected chi connectivity index (χ0v) is 13.9. The normalized spacial score (nSPS) is 11.0. The first-order chi connectivity index (χ1) is 11.7. The lowest BCUT2D eigenvalue weighted by Gasteiger charge is -2.16. The van der Waals surface area contributed by atoms with Crippen LogP contribution in [0.4, 0.5) is 0 Å². The first kappa shape index (κ1) is 17.2. The standard InChI is InChI=1S/C19H18N2O3/c1-22-17-9-15(10-18(23-2)19(17)24-3)16(12-21)8-13-5-4-6-14(7-13)11-20/h4-7,9-10,16H,8H2,1-3H3. The van der Waals surface area contributed by atoms with Crippen LogP contribution in [-0.2, 0) is 6.42 Å². The van der Waals surface area contributed by atoms with Crippen LogP contribution in [0.15, 0.2) is 36.4 Å². The molecule has 0 bridgehead atoms. The molecule has 0 fully saturated rings. The Morgan fingerprint density at radius 2 is 1.62 bits per heavy atom. The molecule has 0 heterocycles. The van der Waals surface area contributed by atoms with Gasteiger partial charge >= 0.3 is 0 Å². The number of nitriles is 2.